The standard InChI is InChI=1S/C13H19NO2/c1-9-7-11-10(8-14(9)2)5-6-12(15-3)13(11)16-4/h5-6,9H,7-8H2,1-4H3. The molecule has 0 bridgehead atoms. The summed E-state index contributed by atoms with van der Waals surface area (Å²) in [6, 6.07) is 4.68. The van der Waals surface area contributed by atoms with Crippen LogP contribution in [0.5, 0.6) is 11.5 Å². The molecule has 0 spiro atoms. The van der Waals surface area contributed by atoms with Crippen LogP contribution >= 0.6 is 0 Å². The summed E-state index contributed by atoms with van der Waals surface area (Å²) in [6.45, 7) is 3.22. The number of hydrogen-bond acceptors (Lipinski definition) is 3. The van der Waals surface area contributed by atoms with Crippen LogP contribution in [0.4, 0.5) is 0 Å². The van der Waals surface area contributed by atoms with Gasteiger partial charge in [-0.15, -0.1) is 0 Å². The summed E-state index contributed by atoms with van der Waals surface area (Å²) in [7, 11) is 5.55. The fourth-order valence-corrected chi connectivity index (χ4v) is 2.28. The van der Waals surface area contributed by atoms with E-state index in [0.717, 1.165) is 24.5 Å². The first-order valence-corrected chi connectivity index (χ1v) is 5.60. The first kappa shape index (κ1) is 11.3. The Morgan fingerprint density at radius 2 is 2.00 bits per heavy atom. The number of ether oxygens (including phenoxy) is 2. The highest BCUT2D eigenvalue weighted by atomic mass is 16.5. The molecule has 0 aliphatic carbocycles. The molecule has 0 amide bonds. The van der Waals surface area contributed by atoms with Gasteiger partial charge in [0.25, 0.3) is 0 Å². The van der Waals surface area contributed by atoms with Crippen molar-refractivity contribution in [2.45, 2.75) is 25.9 Å². The van der Waals surface area contributed by atoms with E-state index in [4.69, 9.17) is 9.47 Å². The summed E-state index contributed by atoms with van der Waals surface area (Å²) in [5, 5.41) is 0. The molecule has 1 heterocycles. The van der Waals surface area contributed by atoms with E-state index in [1.807, 2.05) is 6.07 Å². The highest BCUT2D eigenvalue weighted by molar-refractivity contribution is 5.52. The molecule has 0 radical (unpaired) electrons. The van der Waals surface area contributed by atoms with Crippen molar-refractivity contribution >= 4 is 0 Å². The summed E-state index contributed by atoms with van der Waals surface area (Å²) in [5.41, 5.74) is 2.64. The molecule has 2 rings (SSSR count). The second kappa shape index (κ2) is 4.34. The van der Waals surface area contributed by atoms with Gasteiger partial charge in [0.2, 0.25) is 0 Å². The van der Waals surface area contributed by atoms with E-state index in [-0.39, 0.29) is 0 Å². The van der Waals surface area contributed by atoms with Gasteiger partial charge in [-0.2, -0.15) is 0 Å². The molecule has 0 saturated heterocycles. The third kappa shape index (κ3) is 1.76. The van der Waals surface area contributed by atoms with Gasteiger partial charge in [0.05, 0.1) is 14.2 Å². The van der Waals surface area contributed by atoms with Crippen molar-refractivity contribution in [1.82, 2.24) is 4.90 Å². The van der Waals surface area contributed by atoms with Crippen molar-refractivity contribution in [3.63, 3.8) is 0 Å². The average molecular weight is 221 g/mol. The van der Waals surface area contributed by atoms with Crippen molar-refractivity contribution in [2.24, 2.45) is 0 Å². The molecule has 88 valence electrons. The highest BCUT2D eigenvalue weighted by Gasteiger charge is 2.24. The Morgan fingerprint density at radius 3 is 2.62 bits per heavy atom. The molecule has 0 N–H and O–H groups in total. The maximum Gasteiger partial charge on any atom is 0.164 e. The summed E-state index contributed by atoms with van der Waals surface area (Å²) < 4.78 is 10.8. The number of methoxy groups -OCH3 is 2. The normalized spacial score (nSPS) is 20.4. The third-order valence-corrected chi connectivity index (χ3v) is 3.42. The van der Waals surface area contributed by atoms with Crippen LogP contribution in [-0.2, 0) is 13.0 Å². The predicted octanol–water partition coefficient (Wildman–Crippen LogP) is 2.08. The lowest BCUT2D eigenvalue weighted by Crippen LogP contribution is -2.35. The minimum atomic E-state index is 0.550. The molecule has 1 unspecified atom stereocenters. The SMILES string of the molecule is COc1ccc2c(c1OC)CC(C)N(C)C2. The average Bonchev–Trinajstić information content (AvgIpc) is 2.29. The summed E-state index contributed by atoms with van der Waals surface area (Å²) in [5.74, 6) is 1.73. The molecule has 1 aliphatic heterocycles. The monoisotopic (exact) mass is 221 g/mol. The topological polar surface area (TPSA) is 21.7 Å². The second-order valence-electron chi connectivity index (χ2n) is 4.41. The van der Waals surface area contributed by atoms with Crippen molar-refractivity contribution in [1.29, 1.82) is 0 Å². The van der Waals surface area contributed by atoms with E-state index in [1.165, 1.54) is 11.1 Å². The Hall–Kier alpha value is -1.22. The van der Waals surface area contributed by atoms with E-state index < -0.39 is 0 Å². The fourth-order valence-electron chi connectivity index (χ4n) is 2.28. The molecule has 0 saturated carbocycles. The lowest BCUT2D eigenvalue weighted by Gasteiger charge is -2.32. The largest absolute Gasteiger partial charge is 0.493 e. The fraction of sp³-hybridized carbons (Fsp3) is 0.538. The molecule has 1 atom stereocenters. The first-order chi connectivity index (χ1) is 7.67. The van der Waals surface area contributed by atoms with Crippen molar-refractivity contribution in [2.75, 3.05) is 21.3 Å². The molecule has 3 heteroatoms. The van der Waals surface area contributed by atoms with Crippen LogP contribution < -0.4 is 9.47 Å². The van der Waals surface area contributed by atoms with E-state index in [2.05, 4.69) is 24.9 Å². The summed E-state index contributed by atoms with van der Waals surface area (Å²) in [6.07, 6.45) is 1.02. The molecule has 1 aromatic rings. The Kier molecular flexibility index (Phi) is 3.06. The first-order valence-electron chi connectivity index (χ1n) is 5.60. The van der Waals surface area contributed by atoms with Gasteiger partial charge in [-0.1, -0.05) is 6.07 Å². The summed E-state index contributed by atoms with van der Waals surface area (Å²) >= 11 is 0. The van der Waals surface area contributed by atoms with Crippen LogP contribution in [-0.4, -0.2) is 32.2 Å². The molecule has 1 aromatic carbocycles. The predicted molar refractivity (Wildman–Crippen MR) is 64.2 cm³/mol. The Morgan fingerprint density at radius 1 is 1.25 bits per heavy atom. The number of rotatable bonds is 2. The number of nitrogens with zero attached hydrogens (tertiary/aromatic N) is 1. The molecule has 1 aliphatic rings. The Balaban J connectivity index is 2.47. The van der Waals surface area contributed by atoms with Gasteiger partial charge in [0.15, 0.2) is 11.5 Å². The van der Waals surface area contributed by atoms with Crippen LogP contribution in [0.25, 0.3) is 0 Å². The van der Waals surface area contributed by atoms with Crippen LogP contribution in [0.1, 0.15) is 18.1 Å². The molecular weight excluding hydrogens is 202 g/mol. The molecular formula is C13H19NO2. The number of fused-ring (bicyclic) bond motifs is 1. The quantitative estimate of drug-likeness (QED) is 0.763. The van der Waals surface area contributed by atoms with E-state index in [1.54, 1.807) is 14.2 Å². The molecule has 16 heavy (non-hydrogen) atoms. The zero-order valence-corrected chi connectivity index (χ0v) is 10.4. The zero-order valence-electron chi connectivity index (χ0n) is 10.4. The number of benzene rings is 1. The lowest BCUT2D eigenvalue weighted by atomic mass is 9.94. The minimum absolute atomic E-state index is 0.550. The second-order valence-corrected chi connectivity index (χ2v) is 4.41. The maximum atomic E-state index is 5.47. The van der Waals surface area contributed by atoms with Crippen molar-refractivity contribution < 1.29 is 9.47 Å². The maximum absolute atomic E-state index is 5.47. The van der Waals surface area contributed by atoms with Crippen LogP contribution in [0.2, 0.25) is 0 Å². The Bertz CT molecular complexity index is 390. The summed E-state index contributed by atoms with van der Waals surface area (Å²) in [4.78, 5) is 2.36. The van der Waals surface area contributed by atoms with Gasteiger partial charge in [0, 0.05) is 18.2 Å². The zero-order chi connectivity index (χ0) is 11.7. The number of likely N-dealkylation sites (N-methyl/N-ethyl adjacent to an activating group) is 1. The van der Waals surface area contributed by atoms with Gasteiger partial charge in [-0.05, 0) is 32.0 Å². The van der Waals surface area contributed by atoms with Gasteiger partial charge in [0.1, 0.15) is 0 Å². The third-order valence-electron chi connectivity index (χ3n) is 3.42. The Labute approximate surface area is 97.0 Å². The van der Waals surface area contributed by atoms with Gasteiger partial charge in [-0.25, -0.2) is 0 Å². The van der Waals surface area contributed by atoms with Crippen LogP contribution in [0.3, 0.4) is 0 Å². The molecule has 0 aromatic heterocycles. The van der Waals surface area contributed by atoms with Gasteiger partial charge < -0.3 is 9.47 Å². The van der Waals surface area contributed by atoms with E-state index >= 15 is 0 Å². The number of hydrogen-bond donors (Lipinski definition) is 0. The molecule has 0 fully saturated rings. The smallest absolute Gasteiger partial charge is 0.164 e. The van der Waals surface area contributed by atoms with E-state index in [9.17, 15) is 0 Å². The van der Waals surface area contributed by atoms with Crippen molar-refractivity contribution in [3.05, 3.63) is 23.3 Å². The van der Waals surface area contributed by atoms with Crippen LogP contribution in [0, 0.1) is 0 Å². The lowest BCUT2D eigenvalue weighted by molar-refractivity contribution is 0.226. The van der Waals surface area contributed by atoms with Crippen LogP contribution in [0.15, 0.2) is 12.1 Å². The van der Waals surface area contributed by atoms with E-state index in [0.29, 0.717) is 6.04 Å². The molecule has 3 nitrogen and oxygen atoms in total. The van der Waals surface area contributed by atoms with Gasteiger partial charge >= 0.3 is 0 Å². The van der Waals surface area contributed by atoms with Crippen molar-refractivity contribution in [3.8, 4) is 11.5 Å². The van der Waals surface area contributed by atoms with Gasteiger partial charge in [-0.3, -0.25) is 4.90 Å². The highest BCUT2D eigenvalue weighted by Crippen LogP contribution is 2.37. The minimum Gasteiger partial charge on any atom is -0.493 e.